The van der Waals surface area contributed by atoms with E-state index in [0.717, 1.165) is 12.8 Å². The number of ketones is 1. The Morgan fingerprint density at radius 3 is 2.55 bits per heavy atom. The van der Waals surface area contributed by atoms with Crippen LogP contribution in [0.4, 0.5) is 0 Å². The van der Waals surface area contributed by atoms with Crippen LogP contribution in [0, 0.1) is 5.92 Å². The monoisotopic (exact) mass is 158 g/mol. The molecule has 1 N–H and O–H groups in total. The third-order valence-corrected chi connectivity index (χ3v) is 2.13. The van der Waals surface area contributed by atoms with Gasteiger partial charge in [-0.1, -0.05) is 0 Å². The van der Waals surface area contributed by atoms with E-state index in [2.05, 4.69) is 0 Å². The van der Waals surface area contributed by atoms with Crippen molar-refractivity contribution in [2.75, 3.05) is 13.2 Å². The number of aliphatic hydroxyl groups is 1. The summed E-state index contributed by atoms with van der Waals surface area (Å²) in [4.78, 5) is 10.8. The smallest absolute Gasteiger partial charge is 0.158 e. The van der Waals surface area contributed by atoms with Gasteiger partial charge in [0.1, 0.15) is 6.10 Å². The average Bonchev–Trinajstić information content (AvgIpc) is 2.05. The van der Waals surface area contributed by atoms with Gasteiger partial charge in [-0.3, -0.25) is 4.79 Å². The number of carbonyl (C=O) groups excluding carboxylic acids is 1. The largest absolute Gasteiger partial charge is 0.385 e. The minimum Gasteiger partial charge on any atom is -0.385 e. The highest BCUT2D eigenvalue weighted by Crippen LogP contribution is 2.18. The van der Waals surface area contributed by atoms with E-state index < -0.39 is 6.10 Å². The van der Waals surface area contributed by atoms with Crippen LogP contribution in [-0.4, -0.2) is 30.2 Å². The van der Waals surface area contributed by atoms with Gasteiger partial charge >= 0.3 is 0 Å². The van der Waals surface area contributed by atoms with Crippen molar-refractivity contribution in [2.45, 2.75) is 25.9 Å². The molecule has 1 rings (SSSR count). The summed E-state index contributed by atoms with van der Waals surface area (Å²) in [5.41, 5.74) is 0. The highest BCUT2D eigenvalue weighted by atomic mass is 16.5. The summed E-state index contributed by atoms with van der Waals surface area (Å²) in [6, 6.07) is 0. The summed E-state index contributed by atoms with van der Waals surface area (Å²) < 4.78 is 5.11. The second-order valence-electron chi connectivity index (χ2n) is 3.01. The number of Topliss-reactive ketones (excluding diaryl/α,β-unsaturated/α-hetero) is 1. The van der Waals surface area contributed by atoms with E-state index in [-0.39, 0.29) is 11.7 Å². The first kappa shape index (κ1) is 8.68. The van der Waals surface area contributed by atoms with E-state index in [0.29, 0.717) is 13.2 Å². The van der Waals surface area contributed by atoms with Gasteiger partial charge in [-0.05, 0) is 25.7 Å². The van der Waals surface area contributed by atoms with E-state index in [1.807, 2.05) is 0 Å². The molecule has 0 aromatic carbocycles. The molecule has 1 fully saturated rings. The first-order valence-electron chi connectivity index (χ1n) is 3.98. The van der Waals surface area contributed by atoms with Gasteiger partial charge in [-0.2, -0.15) is 0 Å². The molecule has 1 saturated heterocycles. The predicted octanol–water partition coefficient (Wildman–Crippen LogP) is 0.363. The third kappa shape index (κ3) is 2.27. The lowest BCUT2D eigenvalue weighted by molar-refractivity contribution is -0.129. The van der Waals surface area contributed by atoms with Crippen LogP contribution in [0.1, 0.15) is 19.8 Å². The molecule has 0 radical (unpaired) electrons. The first-order chi connectivity index (χ1) is 5.22. The van der Waals surface area contributed by atoms with Crippen LogP contribution in [0.25, 0.3) is 0 Å². The molecule has 3 heteroatoms. The normalized spacial score (nSPS) is 23.1. The van der Waals surface area contributed by atoms with Crippen molar-refractivity contribution in [3.8, 4) is 0 Å². The molecule has 0 aromatic rings. The molecule has 3 nitrogen and oxygen atoms in total. The molecule has 1 atom stereocenters. The molecule has 0 amide bonds. The topological polar surface area (TPSA) is 46.5 Å². The molecule has 0 bridgehead atoms. The molecular weight excluding hydrogens is 144 g/mol. The first-order valence-corrected chi connectivity index (χ1v) is 3.98. The van der Waals surface area contributed by atoms with Crippen molar-refractivity contribution >= 4 is 5.78 Å². The minimum absolute atomic E-state index is 0.126. The fourth-order valence-electron chi connectivity index (χ4n) is 1.36. The van der Waals surface area contributed by atoms with Crippen molar-refractivity contribution in [1.82, 2.24) is 0 Å². The quantitative estimate of drug-likeness (QED) is 0.631. The van der Waals surface area contributed by atoms with Crippen LogP contribution in [0.5, 0.6) is 0 Å². The van der Waals surface area contributed by atoms with E-state index in [1.165, 1.54) is 6.92 Å². The van der Waals surface area contributed by atoms with Gasteiger partial charge in [-0.15, -0.1) is 0 Å². The highest BCUT2D eigenvalue weighted by Gasteiger charge is 2.24. The summed E-state index contributed by atoms with van der Waals surface area (Å²) in [6.45, 7) is 2.78. The highest BCUT2D eigenvalue weighted by molar-refractivity contribution is 5.80. The maximum absolute atomic E-state index is 10.8. The zero-order chi connectivity index (χ0) is 8.27. The van der Waals surface area contributed by atoms with Crippen LogP contribution in [0.2, 0.25) is 0 Å². The lowest BCUT2D eigenvalue weighted by Crippen LogP contribution is -2.32. The van der Waals surface area contributed by atoms with Gasteiger partial charge in [0.25, 0.3) is 0 Å². The van der Waals surface area contributed by atoms with Crippen LogP contribution in [0.15, 0.2) is 0 Å². The summed E-state index contributed by atoms with van der Waals surface area (Å²) in [6.07, 6.45) is 0.848. The number of ether oxygens (including phenoxy) is 1. The van der Waals surface area contributed by atoms with Crippen LogP contribution >= 0.6 is 0 Å². The van der Waals surface area contributed by atoms with Gasteiger partial charge < -0.3 is 9.84 Å². The van der Waals surface area contributed by atoms with Crippen molar-refractivity contribution in [1.29, 1.82) is 0 Å². The Labute approximate surface area is 66.4 Å². The fourth-order valence-corrected chi connectivity index (χ4v) is 1.36. The molecule has 11 heavy (non-hydrogen) atoms. The van der Waals surface area contributed by atoms with E-state index in [4.69, 9.17) is 4.74 Å². The summed E-state index contributed by atoms with van der Waals surface area (Å²) >= 11 is 0. The minimum atomic E-state index is -0.765. The Kier molecular flexibility index (Phi) is 3.02. The Morgan fingerprint density at radius 1 is 1.55 bits per heavy atom. The Morgan fingerprint density at radius 2 is 2.09 bits per heavy atom. The molecule has 1 aliphatic rings. The lowest BCUT2D eigenvalue weighted by atomic mass is 9.92. The Bertz CT molecular complexity index is 138. The average molecular weight is 158 g/mol. The molecule has 64 valence electrons. The zero-order valence-electron chi connectivity index (χ0n) is 6.75. The van der Waals surface area contributed by atoms with Crippen LogP contribution in [0.3, 0.4) is 0 Å². The molecular formula is C8H14O3. The third-order valence-electron chi connectivity index (χ3n) is 2.13. The SMILES string of the molecule is CC(=O)C(O)C1CCOCC1. The number of hydrogen-bond acceptors (Lipinski definition) is 3. The maximum Gasteiger partial charge on any atom is 0.158 e. The van der Waals surface area contributed by atoms with Crippen molar-refractivity contribution in [3.63, 3.8) is 0 Å². The Balaban J connectivity index is 2.38. The molecule has 1 unspecified atom stereocenters. The summed E-state index contributed by atoms with van der Waals surface area (Å²) in [5, 5.41) is 9.35. The van der Waals surface area contributed by atoms with Gasteiger partial charge in [0.15, 0.2) is 5.78 Å². The van der Waals surface area contributed by atoms with Gasteiger partial charge in [-0.25, -0.2) is 0 Å². The molecule has 0 aliphatic carbocycles. The standard InChI is InChI=1S/C8H14O3/c1-6(9)8(10)7-2-4-11-5-3-7/h7-8,10H,2-5H2,1H3. The molecule has 1 heterocycles. The number of aliphatic hydroxyl groups excluding tert-OH is 1. The molecule has 0 aromatic heterocycles. The summed E-state index contributed by atoms with van der Waals surface area (Å²) in [7, 11) is 0. The molecule has 0 spiro atoms. The van der Waals surface area contributed by atoms with Gasteiger partial charge in [0.2, 0.25) is 0 Å². The second kappa shape index (κ2) is 3.83. The van der Waals surface area contributed by atoms with Crippen LogP contribution < -0.4 is 0 Å². The van der Waals surface area contributed by atoms with Gasteiger partial charge in [0, 0.05) is 13.2 Å². The van der Waals surface area contributed by atoms with Crippen molar-refractivity contribution in [3.05, 3.63) is 0 Å². The van der Waals surface area contributed by atoms with Gasteiger partial charge in [0.05, 0.1) is 0 Å². The summed E-state index contributed by atoms with van der Waals surface area (Å²) in [5.74, 6) is -0.00171. The van der Waals surface area contributed by atoms with Crippen molar-refractivity contribution < 1.29 is 14.6 Å². The second-order valence-corrected chi connectivity index (χ2v) is 3.01. The van der Waals surface area contributed by atoms with Crippen molar-refractivity contribution in [2.24, 2.45) is 5.92 Å². The maximum atomic E-state index is 10.8. The number of hydrogen-bond donors (Lipinski definition) is 1. The Hall–Kier alpha value is -0.410. The predicted molar refractivity (Wildman–Crippen MR) is 40.2 cm³/mol. The number of rotatable bonds is 2. The van der Waals surface area contributed by atoms with Crippen LogP contribution in [-0.2, 0) is 9.53 Å². The number of carbonyl (C=O) groups is 1. The zero-order valence-corrected chi connectivity index (χ0v) is 6.75. The van der Waals surface area contributed by atoms with E-state index >= 15 is 0 Å². The fraction of sp³-hybridized carbons (Fsp3) is 0.875. The lowest BCUT2D eigenvalue weighted by Gasteiger charge is -2.24. The van der Waals surface area contributed by atoms with E-state index in [9.17, 15) is 9.90 Å². The molecule has 0 saturated carbocycles. The van der Waals surface area contributed by atoms with E-state index in [1.54, 1.807) is 0 Å². The molecule has 1 aliphatic heterocycles.